The molecular formula is C41H25N3S. The third-order valence-electron chi connectivity index (χ3n) is 9.21. The topological polar surface area (TPSA) is 22.8 Å². The third kappa shape index (κ3) is 3.60. The number of benzene rings is 6. The molecule has 45 heavy (non-hydrogen) atoms. The molecule has 4 heterocycles. The van der Waals surface area contributed by atoms with E-state index in [4.69, 9.17) is 0 Å². The van der Waals surface area contributed by atoms with Crippen LogP contribution in [0.25, 0.3) is 86.3 Å². The van der Waals surface area contributed by atoms with E-state index < -0.39 is 0 Å². The average molecular weight is 592 g/mol. The van der Waals surface area contributed by atoms with Crippen molar-refractivity contribution in [3.05, 3.63) is 152 Å². The minimum absolute atomic E-state index is 1.16. The van der Waals surface area contributed by atoms with Crippen LogP contribution in [-0.4, -0.2) is 14.1 Å². The van der Waals surface area contributed by atoms with Crippen LogP contribution in [0.2, 0.25) is 0 Å². The van der Waals surface area contributed by atoms with Crippen molar-refractivity contribution in [2.45, 2.75) is 0 Å². The number of hydrogen-bond donors (Lipinski definition) is 0. The average Bonchev–Trinajstić information content (AvgIpc) is 3.75. The minimum atomic E-state index is 1.16. The van der Waals surface area contributed by atoms with E-state index in [-0.39, 0.29) is 0 Å². The highest BCUT2D eigenvalue weighted by Gasteiger charge is 2.16. The first kappa shape index (κ1) is 24.7. The molecule has 0 atom stereocenters. The minimum Gasteiger partial charge on any atom is -0.309 e. The molecule has 0 saturated carbocycles. The second kappa shape index (κ2) is 9.39. The van der Waals surface area contributed by atoms with Gasteiger partial charge in [-0.15, -0.1) is 11.3 Å². The van der Waals surface area contributed by atoms with Crippen LogP contribution in [0.1, 0.15) is 0 Å². The molecule has 0 unspecified atom stereocenters. The van der Waals surface area contributed by atoms with Crippen molar-refractivity contribution < 1.29 is 0 Å². The smallest absolute Gasteiger partial charge is 0.0547 e. The van der Waals surface area contributed by atoms with Gasteiger partial charge in [0.1, 0.15) is 0 Å². The van der Waals surface area contributed by atoms with E-state index in [1.807, 2.05) is 12.4 Å². The van der Waals surface area contributed by atoms with Gasteiger partial charge < -0.3 is 9.13 Å². The molecule has 0 aliphatic rings. The van der Waals surface area contributed by atoms with Crippen LogP contribution in [0.4, 0.5) is 0 Å². The molecule has 0 fully saturated rings. The lowest BCUT2D eigenvalue weighted by atomic mass is 10.0. The monoisotopic (exact) mass is 591 g/mol. The highest BCUT2D eigenvalue weighted by molar-refractivity contribution is 7.25. The second-order valence-corrected chi connectivity index (χ2v) is 12.7. The van der Waals surface area contributed by atoms with Gasteiger partial charge in [-0.25, -0.2) is 0 Å². The molecule has 0 aliphatic heterocycles. The van der Waals surface area contributed by atoms with Crippen LogP contribution < -0.4 is 0 Å². The van der Waals surface area contributed by atoms with Gasteiger partial charge in [0.15, 0.2) is 0 Å². The summed E-state index contributed by atoms with van der Waals surface area (Å²) in [5.41, 5.74) is 9.58. The van der Waals surface area contributed by atoms with Gasteiger partial charge in [-0.1, -0.05) is 78.9 Å². The molecule has 3 nitrogen and oxygen atoms in total. The van der Waals surface area contributed by atoms with Crippen molar-refractivity contribution in [2.75, 3.05) is 0 Å². The maximum atomic E-state index is 4.36. The van der Waals surface area contributed by atoms with Gasteiger partial charge in [0.2, 0.25) is 0 Å². The van der Waals surface area contributed by atoms with Gasteiger partial charge in [0, 0.05) is 60.8 Å². The van der Waals surface area contributed by atoms with E-state index in [1.54, 1.807) is 11.3 Å². The third-order valence-corrected chi connectivity index (χ3v) is 10.3. The lowest BCUT2D eigenvalue weighted by Gasteiger charge is -2.12. The van der Waals surface area contributed by atoms with Crippen molar-refractivity contribution in [3.8, 4) is 22.5 Å². The molecule has 10 rings (SSSR count). The summed E-state index contributed by atoms with van der Waals surface area (Å²) in [4.78, 5) is 4.36. The highest BCUT2D eigenvalue weighted by Crippen LogP contribution is 2.39. The molecule has 6 aromatic carbocycles. The van der Waals surface area contributed by atoms with Gasteiger partial charge in [-0.2, -0.15) is 0 Å². The Morgan fingerprint density at radius 2 is 1.02 bits per heavy atom. The van der Waals surface area contributed by atoms with Crippen LogP contribution in [0, 0.1) is 0 Å². The van der Waals surface area contributed by atoms with Gasteiger partial charge >= 0.3 is 0 Å². The molecule has 0 radical (unpaired) electrons. The molecule has 210 valence electrons. The molecule has 4 heteroatoms. The van der Waals surface area contributed by atoms with Crippen molar-refractivity contribution in [3.63, 3.8) is 0 Å². The predicted molar refractivity (Wildman–Crippen MR) is 191 cm³/mol. The maximum Gasteiger partial charge on any atom is 0.0547 e. The number of rotatable bonds is 3. The Morgan fingerprint density at radius 1 is 0.400 bits per heavy atom. The number of aromatic nitrogens is 3. The highest BCUT2D eigenvalue weighted by atomic mass is 32.1. The van der Waals surface area contributed by atoms with E-state index in [9.17, 15) is 0 Å². The Kier molecular flexibility index (Phi) is 5.16. The summed E-state index contributed by atoms with van der Waals surface area (Å²) in [5.74, 6) is 0. The van der Waals surface area contributed by atoms with E-state index >= 15 is 0 Å². The zero-order chi connectivity index (χ0) is 29.5. The fraction of sp³-hybridized carbons (Fsp3) is 0. The molecule has 4 aromatic heterocycles. The van der Waals surface area contributed by atoms with Gasteiger partial charge in [0.05, 0.1) is 26.8 Å². The van der Waals surface area contributed by atoms with Crippen LogP contribution >= 0.6 is 11.3 Å². The summed E-state index contributed by atoms with van der Waals surface area (Å²) in [6, 6.07) is 51.0. The Balaban J connectivity index is 1.19. The van der Waals surface area contributed by atoms with Crippen molar-refractivity contribution in [1.82, 2.24) is 14.1 Å². The zero-order valence-electron chi connectivity index (χ0n) is 24.2. The quantitative estimate of drug-likeness (QED) is 0.200. The predicted octanol–water partition coefficient (Wildman–Crippen LogP) is 11.3. The normalized spacial score (nSPS) is 12.0. The first-order chi connectivity index (χ1) is 22.3. The number of fused-ring (bicyclic) bond motifs is 9. The summed E-state index contributed by atoms with van der Waals surface area (Å²) >= 11 is 1.80. The van der Waals surface area contributed by atoms with E-state index in [0.717, 1.165) is 5.69 Å². The fourth-order valence-corrected chi connectivity index (χ4v) is 8.27. The van der Waals surface area contributed by atoms with Crippen LogP contribution in [0.3, 0.4) is 0 Å². The van der Waals surface area contributed by atoms with Gasteiger partial charge in [-0.05, 0) is 71.8 Å². The van der Waals surface area contributed by atoms with E-state index in [2.05, 4.69) is 154 Å². The summed E-state index contributed by atoms with van der Waals surface area (Å²) in [7, 11) is 0. The number of thiophene rings is 1. The molecular weight excluding hydrogens is 567 g/mol. The Hall–Kier alpha value is -5.71. The fourth-order valence-electron chi connectivity index (χ4n) is 7.21. The van der Waals surface area contributed by atoms with Crippen LogP contribution in [0.5, 0.6) is 0 Å². The molecule has 0 aliphatic carbocycles. The standard InChI is InChI=1S/C41H25N3S/c1-4-13-36-30(10-1)31-11-2-5-14-37(31)43(36)28-9-7-8-26(22-28)27-16-18-33-32-12-3-6-15-38(32)44(39(33)23-27)29-17-19-40-35(24-29)34-20-21-42-25-41(34)45-40/h1-25H. The molecule has 0 amide bonds. The van der Waals surface area contributed by atoms with Gasteiger partial charge in [-0.3, -0.25) is 4.98 Å². The molecule has 10 aromatic rings. The SMILES string of the molecule is c1cc(-c2ccc3c4ccccc4n(-c4ccc5sc6cnccc6c5c4)c3c2)cc(-n2c3ccccc3c3ccccc32)c1. The summed E-state index contributed by atoms with van der Waals surface area (Å²) in [6.45, 7) is 0. The number of pyridine rings is 1. The van der Waals surface area contributed by atoms with Crippen LogP contribution in [-0.2, 0) is 0 Å². The Morgan fingerprint density at radius 3 is 1.76 bits per heavy atom. The zero-order valence-corrected chi connectivity index (χ0v) is 25.0. The Bertz CT molecular complexity index is 2720. The summed E-state index contributed by atoms with van der Waals surface area (Å²) in [6.07, 6.45) is 3.86. The number of nitrogens with zero attached hydrogens (tertiary/aromatic N) is 3. The lowest BCUT2D eigenvalue weighted by molar-refractivity contribution is 1.18. The van der Waals surface area contributed by atoms with Crippen molar-refractivity contribution in [1.29, 1.82) is 0 Å². The first-order valence-electron chi connectivity index (χ1n) is 15.2. The van der Waals surface area contributed by atoms with Gasteiger partial charge in [0.25, 0.3) is 0 Å². The summed E-state index contributed by atoms with van der Waals surface area (Å²) < 4.78 is 7.32. The summed E-state index contributed by atoms with van der Waals surface area (Å²) in [5, 5.41) is 7.60. The molecule has 0 N–H and O–H groups in total. The van der Waals surface area contributed by atoms with E-state index in [0.29, 0.717) is 0 Å². The maximum absolute atomic E-state index is 4.36. The number of para-hydroxylation sites is 3. The molecule has 0 bridgehead atoms. The first-order valence-corrected chi connectivity index (χ1v) is 16.0. The molecule has 0 saturated heterocycles. The molecule has 0 spiro atoms. The second-order valence-electron chi connectivity index (χ2n) is 11.7. The van der Waals surface area contributed by atoms with Crippen LogP contribution in [0.15, 0.2) is 152 Å². The van der Waals surface area contributed by atoms with Crippen molar-refractivity contribution in [2.24, 2.45) is 0 Å². The van der Waals surface area contributed by atoms with E-state index in [1.165, 1.54) is 80.6 Å². The number of hydrogen-bond acceptors (Lipinski definition) is 2. The lowest BCUT2D eigenvalue weighted by Crippen LogP contribution is -1.95. The Labute approximate surface area is 262 Å². The largest absolute Gasteiger partial charge is 0.309 e. The van der Waals surface area contributed by atoms with Crippen molar-refractivity contribution >= 4 is 75.1 Å².